The number of hydrogen-bond acceptors (Lipinski definition) is 3. The molecule has 5 heteroatoms. The van der Waals surface area contributed by atoms with E-state index in [0.29, 0.717) is 6.54 Å². The average Bonchev–Trinajstić information content (AvgIpc) is 2.35. The summed E-state index contributed by atoms with van der Waals surface area (Å²) in [5.74, 6) is -0.112. The van der Waals surface area contributed by atoms with Gasteiger partial charge in [-0.15, -0.1) is 0 Å². The molecule has 0 saturated heterocycles. The number of amides is 1. The summed E-state index contributed by atoms with van der Waals surface area (Å²) < 4.78 is 0. The first-order valence-corrected chi connectivity index (χ1v) is 6.19. The summed E-state index contributed by atoms with van der Waals surface area (Å²) >= 11 is 0. The number of aromatic nitrogens is 1. The fraction of sp³-hybridized carbons (Fsp3) is 0.286. The molecule has 1 unspecified atom stereocenters. The molecule has 2 rings (SSSR count). The molecule has 0 aliphatic heterocycles. The number of hydrogen-bond donors (Lipinski definition) is 3. The van der Waals surface area contributed by atoms with Gasteiger partial charge in [-0.05, 0) is 18.6 Å². The van der Waals surface area contributed by atoms with Crippen LogP contribution >= 0.6 is 0 Å². The maximum Gasteiger partial charge on any atom is 0.248 e. The smallest absolute Gasteiger partial charge is 0.248 e. The fourth-order valence-electron chi connectivity index (χ4n) is 1.98. The molecule has 0 aliphatic rings. The van der Waals surface area contributed by atoms with E-state index in [1.807, 2.05) is 24.3 Å². The number of carbonyl (C=O) groups is 1. The zero-order chi connectivity index (χ0) is 13.8. The lowest BCUT2D eigenvalue weighted by molar-refractivity contribution is -0.121. The molecule has 1 aromatic carbocycles. The van der Waals surface area contributed by atoms with Crippen LogP contribution in [0.1, 0.15) is 18.9 Å². The van der Waals surface area contributed by atoms with E-state index in [4.69, 9.17) is 5.73 Å². The van der Waals surface area contributed by atoms with E-state index < -0.39 is 0 Å². The van der Waals surface area contributed by atoms with Crippen molar-refractivity contribution in [2.75, 3.05) is 0 Å². The van der Waals surface area contributed by atoms with Gasteiger partial charge < -0.3 is 16.0 Å². The fourth-order valence-corrected chi connectivity index (χ4v) is 1.98. The Morgan fingerprint density at radius 1 is 1.42 bits per heavy atom. The van der Waals surface area contributed by atoms with Crippen LogP contribution < -0.4 is 16.6 Å². The average molecular weight is 259 g/mol. The van der Waals surface area contributed by atoms with Crippen molar-refractivity contribution in [2.24, 2.45) is 5.73 Å². The highest BCUT2D eigenvalue weighted by atomic mass is 16.1. The molecule has 2 aromatic rings. The van der Waals surface area contributed by atoms with Crippen molar-refractivity contribution < 1.29 is 4.79 Å². The van der Waals surface area contributed by atoms with E-state index in [1.165, 1.54) is 6.07 Å². The third kappa shape index (κ3) is 3.42. The van der Waals surface area contributed by atoms with Gasteiger partial charge in [0.15, 0.2) is 0 Å². The van der Waals surface area contributed by atoms with Crippen LogP contribution in [0.2, 0.25) is 0 Å². The van der Waals surface area contributed by atoms with Gasteiger partial charge in [-0.1, -0.05) is 18.2 Å². The van der Waals surface area contributed by atoms with Crippen LogP contribution in [-0.4, -0.2) is 16.9 Å². The third-order valence-electron chi connectivity index (χ3n) is 2.82. The van der Waals surface area contributed by atoms with Gasteiger partial charge in [0.05, 0.1) is 0 Å². The van der Waals surface area contributed by atoms with E-state index in [2.05, 4.69) is 10.3 Å². The summed E-state index contributed by atoms with van der Waals surface area (Å²) in [5, 5.41) is 3.71. The number of nitrogens with one attached hydrogen (secondary N) is 2. The molecule has 0 bridgehead atoms. The van der Waals surface area contributed by atoms with Gasteiger partial charge in [-0.3, -0.25) is 9.59 Å². The Hall–Kier alpha value is -2.14. The number of aromatic amines is 1. The van der Waals surface area contributed by atoms with Crippen LogP contribution in [0.25, 0.3) is 10.9 Å². The van der Waals surface area contributed by atoms with Crippen molar-refractivity contribution >= 4 is 16.8 Å². The highest BCUT2D eigenvalue weighted by Crippen LogP contribution is 2.14. The zero-order valence-electron chi connectivity index (χ0n) is 10.8. The summed E-state index contributed by atoms with van der Waals surface area (Å²) in [6.07, 6.45) is 0.279. The van der Waals surface area contributed by atoms with Crippen molar-refractivity contribution in [3.8, 4) is 0 Å². The molecular weight excluding hydrogens is 242 g/mol. The molecule has 19 heavy (non-hydrogen) atoms. The highest BCUT2D eigenvalue weighted by molar-refractivity contribution is 5.82. The third-order valence-corrected chi connectivity index (χ3v) is 2.82. The van der Waals surface area contributed by atoms with Gasteiger partial charge >= 0.3 is 0 Å². The predicted molar refractivity (Wildman–Crippen MR) is 74.7 cm³/mol. The molecule has 1 atom stereocenters. The first kappa shape index (κ1) is 13.3. The maximum atomic E-state index is 11.6. The second-order valence-electron chi connectivity index (χ2n) is 4.66. The van der Waals surface area contributed by atoms with Gasteiger partial charge in [0, 0.05) is 36.0 Å². The van der Waals surface area contributed by atoms with Crippen LogP contribution in [-0.2, 0) is 11.3 Å². The molecule has 0 aliphatic carbocycles. The van der Waals surface area contributed by atoms with E-state index in [1.54, 1.807) is 6.92 Å². The minimum Gasteiger partial charge on any atom is -0.352 e. The lowest BCUT2D eigenvalue weighted by Gasteiger charge is -2.09. The first-order valence-electron chi connectivity index (χ1n) is 6.19. The van der Waals surface area contributed by atoms with E-state index >= 15 is 0 Å². The standard InChI is InChI=1S/C14H17N3O2/c1-9(15)6-13(18)16-8-10-7-14(19)17-12-5-3-2-4-11(10)12/h2-5,7,9H,6,8,15H2,1H3,(H,16,18)(H,17,19). The normalized spacial score (nSPS) is 12.3. The van der Waals surface area contributed by atoms with Crippen molar-refractivity contribution in [1.29, 1.82) is 0 Å². The Morgan fingerprint density at radius 3 is 2.89 bits per heavy atom. The van der Waals surface area contributed by atoms with Gasteiger partial charge in [-0.2, -0.15) is 0 Å². The number of rotatable bonds is 4. The number of benzene rings is 1. The molecule has 0 saturated carbocycles. The molecule has 0 spiro atoms. The van der Waals surface area contributed by atoms with Gasteiger partial charge in [0.25, 0.3) is 0 Å². The summed E-state index contributed by atoms with van der Waals surface area (Å²) in [4.78, 5) is 25.9. The van der Waals surface area contributed by atoms with Gasteiger partial charge in [0.1, 0.15) is 0 Å². The van der Waals surface area contributed by atoms with Crippen LogP contribution in [0.3, 0.4) is 0 Å². The van der Waals surface area contributed by atoms with Crippen molar-refractivity contribution in [2.45, 2.75) is 25.9 Å². The van der Waals surface area contributed by atoms with Crippen molar-refractivity contribution in [3.63, 3.8) is 0 Å². The van der Waals surface area contributed by atoms with E-state index in [9.17, 15) is 9.59 Å². The van der Waals surface area contributed by atoms with Crippen molar-refractivity contribution in [3.05, 3.63) is 46.2 Å². The van der Waals surface area contributed by atoms with Gasteiger partial charge in [-0.25, -0.2) is 0 Å². The van der Waals surface area contributed by atoms with Crippen LogP contribution in [0, 0.1) is 0 Å². The molecule has 0 fully saturated rings. The Morgan fingerprint density at radius 2 is 2.16 bits per heavy atom. The topological polar surface area (TPSA) is 88.0 Å². The monoisotopic (exact) mass is 259 g/mol. The minimum atomic E-state index is -0.171. The number of H-pyrrole nitrogens is 1. The van der Waals surface area contributed by atoms with Crippen LogP contribution in [0.4, 0.5) is 0 Å². The second-order valence-corrected chi connectivity index (χ2v) is 4.66. The molecule has 100 valence electrons. The largest absolute Gasteiger partial charge is 0.352 e. The van der Waals surface area contributed by atoms with Gasteiger partial charge in [0.2, 0.25) is 11.5 Å². The zero-order valence-corrected chi connectivity index (χ0v) is 10.8. The number of fused-ring (bicyclic) bond motifs is 1. The van der Waals surface area contributed by atoms with Crippen molar-refractivity contribution in [1.82, 2.24) is 10.3 Å². The quantitative estimate of drug-likeness (QED) is 0.761. The first-order chi connectivity index (χ1) is 9.06. The van der Waals surface area contributed by atoms with Crippen LogP contribution in [0.5, 0.6) is 0 Å². The number of para-hydroxylation sites is 1. The van der Waals surface area contributed by atoms with E-state index in [-0.39, 0.29) is 23.9 Å². The predicted octanol–water partition coefficient (Wildman–Crippen LogP) is 0.882. The lowest BCUT2D eigenvalue weighted by atomic mass is 10.1. The Balaban J connectivity index is 2.21. The van der Waals surface area contributed by atoms with Crippen LogP contribution in [0.15, 0.2) is 35.1 Å². The summed E-state index contributed by atoms with van der Waals surface area (Å²) in [6.45, 7) is 2.11. The minimum absolute atomic E-state index is 0.112. The molecule has 4 N–H and O–H groups in total. The summed E-state index contributed by atoms with van der Waals surface area (Å²) in [5.41, 5.74) is 6.96. The number of pyridine rings is 1. The highest BCUT2D eigenvalue weighted by Gasteiger charge is 2.07. The molecule has 0 radical (unpaired) electrons. The number of carbonyl (C=O) groups excluding carboxylic acids is 1. The summed E-state index contributed by atoms with van der Waals surface area (Å²) in [6, 6.07) is 8.84. The number of nitrogens with two attached hydrogens (primary N) is 1. The molecule has 5 nitrogen and oxygen atoms in total. The summed E-state index contributed by atoms with van der Waals surface area (Å²) in [7, 11) is 0. The van der Waals surface area contributed by atoms with E-state index in [0.717, 1.165) is 16.5 Å². The molecular formula is C14H17N3O2. The molecule has 1 amide bonds. The maximum absolute atomic E-state index is 11.6. The molecule has 1 heterocycles. The molecule has 1 aromatic heterocycles. The Bertz CT molecular complexity index is 646. The second kappa shape index (κ2) is 5.67. The SMILES string of the molecule is CC(N)CC(=O)NCc1cc(=O)[nH]c2ccccc12. The Kier molecular flexibility index (Phi) is 3.97. The lowest BCUT2D eigenvalue weighted by Crippen LogP contribution is -2.29. The Labute approximate surface area is 110 Å².